The van der Waals surface area contributed by atoms with Crippen LogP contribution in [0, 0.1) is 0 Å². The highest BCUT2D eigenvalue weighted by Crippen LogP contribution is 2.33. The predicted molar refractivity (Wildman–Crippen MR) is 86.0 cm³/mol. The second-order valence-electron chi connectivity index (χ2n) is 4.57. The van der Waals surface area contributed by atoms with Gasteiger partial charge in [-0.15, -0.1) is 0 Å². The molecule has 5 nitrogen and oxygen atoms in total. The molecule has 0 aliphatic heterocycles. The lowest BCUT2D eigenvalue weighted by Crippen LogP contribution is -1.87. The fourth-order valence-corrected chi connectivity index (χ4v) is 2.06. The summed E-state index contributed by atoms with van der Waals surface area (Å²) in [5.41, 5.74) is 3.24. The number of nitrogens with zero attached hydrogens (tertiary/aromatic N) is 1. The number of aromatic nitrogens is 2. The van der Waals surface area contributed by atoms with E-state index >= 15 is 0 Å². The van der Waals surface area contributed by atoms with Gasteiger partial charge in [0.15, 0.2) is 0 Å². The number of carbonyl (C=O) groups is 1. The molecule has 0 radical (unpaired) electrons. The number of H-pyrrole nitrogens is 1. The van der Waals surface area contributed by atoms with Gasteiger partial charge < -0.3 is 14.8 Å². The van der Waals surface area contributed by atoms with Gasteiger partial charge in [0.25, 0.3) is 0 Å². The molecule has 0 unspecified atom stereocenters. The number of hydrogen-bond acceptors (Lipinski definition) is 3. The first-order valence-electron chi connectivity index (χ1n) is 6.93. The first-order chi connectivity index (χ1) is 10.7. The molecule has 0 atom stereocenters. The number of para-hydroxylation sites is 1. The average molecular weight is 298 g/mol. The highest BCUT2D eigenvalue weighted by Gasteiger charge is 2.10. The number of aromatic amines is 1. The summed E-state index contributed by atoms with van der Waals surface area (Å²) in [4.78, 5) is 16.8. The van der Waals surface area contributed by atoms with Gasteiger partial charge in [-0.2, -0.15) is 0 Å². The number of aliphatic carboxylic acids is 1. The van der Waals surface area contributed by atoms with Crippen LogP contribution in [-0.4, -0.2) is 28.2 Å². The summed E-state index contributed by atoms with van der Waals surface area (Å²) in [5, 5.41) is 8.90. The number of hydrogen-bond donors (Lipinski definition) is 2. The molecule has 0 fully saturated rings. The zero-order valence-electron chi connectivity index (χ0n) is 12.5. The quantitative estimate of drug-likeness (QED) is 0.772. The number of pyridine rings is 1. The highest BCUT2D eigenvalue weighted by atomic mass is 16.5. The van der Waals surface area contributed by atoms with Crippen LogP contribution in [0.4, 0.5) is 0 Å². The van der Waals surface area contributed by atoms with E-state index in [0.717, 1.165) is 22.4 Å². The minimum absolute atomic E-state index is 0.222. The van der Waals surface area contributed by atoms with Gasteiger partial charge in [0.2, 0.25) is 0 Å². The number of benzene rings is 1. The van der Waals surface area contributed by atoms with Gasteiger partial charge in [-0.1, -0.05) is 25.1 Å². The Bertz CT molecular complexity index is 765. The lowest BCUT2D eigenvalue weighted by molar-refractivity contribution is -0.136. The van der Waals surface area contributed by atoms with Gasteiger partial charge in [0.1, 0.15) is 5.75 Å². The van der Waals surface area contributed by atoms with Gasteiger partial charge in [-0.05, 0) is 12.1 Å². The third-order valence-corrected chi connectivity index (χ3v) is 3.18. The molecule has 0 saturated carbocycles. The van der Waals surface area contributed by atoms with E-state index in [4.69, 9.17) is 9.84 Å². The number of rotatable bonds is 3. The van der Waals surface area contributed by atoms with E-state index in [0.29, 0.717) is 0 Å². The molecule has 0 saturated heterocycles. The van der Waals surface area contributed by atoms with Crippen molar-refractivity contribution in [3.05, 3.63) is 48.9 Å². The third-order valence-electron chi connectivity index (χ3n) is 3.18. The number of carboxylic acids is 1. The van der Waals surface area contributed by atoms with Crippen molar-refractivity contribution in [2.24, 2.45) is 0 Å². The molecule has 0 amide bonds. The summed E-state index contributed by atoms with van der Waals surface area (Å²) in [5.74, 6) is 0.0924. The topological polar surface area (TPSA) is 75.2 Å². The molecule has 3 rings (SSSR count). The van der Waals surface area contributed by atoms with Crippen LogP contribution < -0.4 is 4.74 Å². The Morgan fingerprint density at radius 1 is 1.27 bits per heavy atom. The van der Waals surface area contributed by atoms with Crippen molar-refractivity contribution in [1.29, 1.82) is 0 Å². The number of nitrogens with one attached hydrogen (secondary N) is 1. The fraction of sp³-hybridized carbons (Fsp3) is 0.176. The van der Waals surface area contributed by atoms with Gasteiger partial charge in [0, 0.05) is 47.0 Å². The van der Waals surface area contributed by atoms with Crippen LogP contribution in [0.2, 0.25) is 0 Å². The standard InChI is InChI=1S/C14H12N2O.C3H6O2/c1-17-14-6-7-15-8-12(14)11-9-16-13-5-3-2-4-10(11)13;1-2-3(4)5/h2-9,16H,1H3;2H2,1H3,(H,4,5). The maximum absolute atomic E-state index is 9.37. The maximum Gasteiger partial charge on any atom is 0.303 e. The second kappa shape index (κ2) is 7.26. The summed E-state index contributed by atoms with van der Waals surface area (Å²) in [6.45, 7) is 1.60. The maximum atomic E-state index is 9.37. The summed E-state index contributed by atoms with van der Waals surface area (Å²) < 4.78 is 5.36. The van der Waals surface area contributed by atoms with Gasteiger partial charge in [0.05, 0.1) is 7.11 Å². The molecule has 0 bridgehead atoms. The van der Waals surface area contributed by atoms with E-state index in [9.17, 15) is 4.79 Å². The molecule has 0 spiro atoms. The van der Waals surface area contributed by atoms with E-state index in [1.165, 1.54) is 5.39 Å². The predicted octanol–water partition coefficient (Wildman–Crippen LogP) is 3.72. The average Bonchev–Trinajstić information content (AvgIpc) is 2.99. The third kappa shape index (κ3) is 3.44. The van der Waals surface area contributed by atoms with Crippen LogP contribution in [-0.2, 0) is 4.79 Å². The number of methoxy groups -OCH3 is 1. The van der Waals surface area contributed by atoms with E-state index in [2.05, 4.69) is 22.1 Å². The molecular formula is C17H18N2O3. The van der Waals surface area contributed by atoms with Crippen molar-refractivity contribution in [2.45, 2.75) is 13.3 Å². The monoisotopic (exact) mass is 298 g/mol. The van der Waals surface area contributed by atoms with Crippen LogP contribution in [0.15, 0.2) is 48.9 Å². The first-order valence-corrected chi connectivity index (χ1v) is 6.93. The van der Waals surface area contributed by atoms with E-state index < -0.39 is 5.97 Å². The van der Waals surface area contributed by atoms with Crippen molar-refractivity contribution >= 4 is 16.9 Å². The van der Waals surface area contributed by atoms with Crippen molar-refractivity contribution in [3.8, 4) is 16.9 Å². The molecule has 2 aromatic heterocycles. The molecule has 1 aromatic carbocycles. The van der Waals surface area contributed by atoms with Crippen LogP contribution in [0.3, 0.4) is 0 Å². The SMILES string of the molecule is CCC(=O)O.COc1ccncc1-c1c[nH]c2ccccc12. The molecule has 3 aromatic rings. The first kappa shape index (κ1) is 15.6. The summed E-state index contributed by atoms with van der Waals surface area (Å²) in [6, 6.07) is 10.1. The Labute approximate surface area is 128 Å². The van der Waals surface area contributed by atoms with E-state index in [1.807, 2.05) is 30.6 Å². The second-order valence-corrected chi connectivity index (χ2v) is 4.57. The Kier molecular flexibility index (Phi) is 5.14. The molecule has 0 aliphatic rings. The number of ether oxygens (including phenoxy) is 1. The number of carboxylic acid groups (broad SMARTS) is 1. The normalized spacial score (nSPS) is 9.91. The zero-order valence-corrected chi connectivity index (χ0v) is 12.5. The molecular weight excluding hydrogens is 280 g/mol. The zero-order chi connectivity index (χ0) is 15.9. The Balaban J connectivity index is 0.000000309. The van der Waals surface area contributed by atoms with Gasteiger partial charge in [-0.3, -0.25) is 9.78 Å². The van der Waals surface area contributed by atoms with Crippen LogP contribution in [0.5, 0.6) is 5.75 Å². The Morgan fingerprint density at radius 2 is 2.00 bits per heavy atom. The molecule has 2 heterocycles. The Hall–Kier alpha value is -2.82. The Morgan fingerprint density at radius 3 is 2.68 bits per heavy atom. The fourth-order valence-electron chi connectivity index (χ4n) is 2.06. The highest BCUT2D eigenvalue weighted by molar-refractivity contribution is 5.96. The molecule has 5 heteroatoms. The van der Waals surface area contributed by atoms with Crippen LogP contribution in [0.1, 0.15) is 13.3 Å². The summed E-state index contributed by atoms with van der Waals surface area (Å²) >= 11 is 0. The lowest BCUT2D eigenvalue weighted by atomic mass is 10.1. The molecule has 0 aliphatic carbocycles. The van der Waals surface area contributed by atoms with E-state index in [-0.39, 0.29) is 6.42 Å². The van der Waals surface area contributed by atoms with Gasteiger partial charge in [-0.25, -0.2) is 0 Å². The minimum Gasteiger partial charge on any atom is -0.496 e. The van der Waals surface area contributed by atoms with Crippen molar-refractivity contribution in [2.75, 3.05) is 7.11 Å². The molecule has 22 heavy (non-hydrogen) atoms. The van der Waals surface area contributed by atoms with Gasteiger partial charge >= 0.3 is 5.97 Å². The molecule has 2 N–H and O–H groups in total. The summed E-state index contributed by atoms with van der Waals surface area (Å²) in [7, 11) is 1.67. The van der Waals surface area contributed by atoms with Crippen molar-refractivity contribution in [3.63, 3.8) is 0 Å². The van der Waals surface area contributed by atoms with Crippen LogP contribution in [0.25, 0.3) is 22.0 Å². The van der Waals surface area contributed by atoms with E-state index in [1.54, 1.807) is 20.2 Å². The van der Waals surface area contributed by atoms with Crippen molar-refractivity contribution < 1.29 is 14.6 Å². The minimum atomic E-state index is -0.745. The molecule has 114 valence electrons. The summed E-state index contributed by atoms with van der Waals surface area (Å²) in [6.07, 6.45) is 5.77. The smallest absolute Gasteiger partial charge is 0.303 e. The van der Waals surface area contributed by atoms with Crippen molar-refractivity contribution in [1.82, 2.24) is 9.97 Å². The number of fused-ring (bicyclic) bond motifs is 1. The largest absolute Gasteiger partial charge is 0.496 e. The van der Waals surface area contributed by atoms with Crippen LogP contribution >= 0.6 is 0 Å². The lowest BCUT2D eigenvalue weighted by Gasteiger charge is -2.06.